The van der Waals surface area contributed by atoms with Crippen LogP contribution in [0.4, 0.5) is 0 Å². The second-order valence-electron chi connectivity index (χ2n) is 7.26. The number of benzene rings is 1. The van der Waals surface area contributed by atoms with E-state index in [4.69, 9.17) is 0 Å². The van der Waals surface area contributed by atoms with Gasteiger partial charge < -0.3 is 5.32 Å². The molecule has 1 amide bonds. The van der Waals surface area contributed by atoms with Gasteiger partial charge in [-0.05, 0) is 49.3 Å². The Morgan fingerprint density at radius 1 is 1.22 bits per heavy atom. The number of nitrogens with zero attached hydrogens (tertiary/aromatic N) is 3. The summed E-state index contributed by atoms with van der Waals surface area (Å²) in [4.78, 5) is 12.7. The third kappa shape index (κ3) is 2.52. The average Bonchev–Trinajstić information content (AvgIpc) is 3.17. The van der Waals surface area contributed by atoms with Crippen molar-refractivity contribution in [2.75, 3.05) is 0 Å². The van der Waals surface area contributed by atoms with Gasteiger partial charge in [0.2, 0.25) is 0 Å². The van der Waals surface area contributed by atoms with Crippen LogP contribution in [-0.4, -0.2) is 26.9 Å². The summed E-state index contributed by atoms with van der Waals surface area (Å²) >= 11 is 0. The van der Waals surface area contributed by atoms with Crippen LogP contribution in [-0.2, 0) is 7.05 Å². The van der Waals surface area contributed by atoms with E-state index in [-0.39, 0.29) is 5.91 Å². The second kappa shape index (κ2) is 5.62. The van der Waals surface area contributed by atoms with E-state index in [1.54, 1.807) is 4.68 Å². The summed E-state index contributed by atoms with van der Waals surface area (Å²) < 4.78 is 1.73. The van der Waals surface area contributed by atoms with E-state index in [2.05, 4.69) is 15.6 Å². The Labute approximate surface area is 136 Å². The molecule has 1 unspecified atom stereocenters. The molecule has 2 aliphatic carbocycles. The number of rotatable bonds is 2. The Hall–Kier alpha value is -1.91. The van der Waals surface area contributed by atoms with E-state index in [9.17, 15) is 4.79 Å². The number of hydrogen-bond acceptors (Lipinski definition) is 3. The van der Waals surface area contributed by atoms with Crippen molar-refractivity contribution in [3.63, 3.8) is 0 Å². The summed E-state index contributed by atoms with van der Waals surface area (Å²) in [6.45, 7) is 0. The SMILES string of the molecule is Cn1nnc2cc(C(=O)NC3CCCCC34CCCC4)ccc21. The molecule has 1 heterocycles. The Morgan fingerprint density at radius 3 is 2.74 bits per heavy atom. The first kappa shape index (κ1) is 14.7. The van der Waals surface area contributed by atoms with Gasteiger partial charge in [0.25, 0.3) is 5.91 Å². The molecule has 0 radical (unpaired) electrons. The Morgan fingerprint density at radius 2 is 1.96 bits per heavy atom. The quantitative estimate of drug-likeness (QED) is 0.926. The smallest absolute Gasteiger partial charge is 0.251 e. The lowest BCUT2D eigenvalue weighted by Gasteiger charge is -2.42. The first-order valence-corrected chi connectivity index (χ1v) is 8.78. The minimum absolute atomic E-state index is 0.0377. The van der Waals surface area contributed by atoms with Crippen molar-refractivity contribution in [2.45, 2.75) is 57.4 Å². The van der Waals surface area contributed by atoms with Crippen molar-refractivity contribution in [3.8, 4) is 0 Å². The van der Waals surface area contributed by atoms with E-state index in [1.165, 1.54) is 44.9 Å². The van der Waals surface area contributed by atoms with Crippen molar-refractivity contribution in [1.29, 1.82) is 0 Å². The molecule has 1 atom stereocenters. The summed E-state index contributed by atoms with van der Waals surface area (Å²) in [6.07, 6.45) is 10.1. The van der Waals surface area contributed by atoms with Gasteiger partial charge >= 0.3 is 0 Å². The molecule has 1 aromatic heterocycles. The van der Waals surface area contributed by atoms with Crippen LogP contribution >= 0.6 is 0 Å². The normalized spacial score (nSPS) is 23.4. The molecule has 0 bridgehead atoms. The van der Waals surface area contributed by atoms with E-state index in [0.717, 1.165) is 17.5 Å². The number of carbonyl (C=O) groups excluding carboxylic acids is 1. The molecular weight excluding hydrogens is 288 g/mol. The van der Waals surface area contributed by atoms with Crippen molar-refractivity contribution in [3.05, 3.63) is 23.8 Å². The lowest BCUT2D eigenvalue weighted by molar-refractivity contribution is 0.0805. The fraction of sp³-hybridized carbons (Fsp3) is 0.611. The predicted molar refractivity (Wildman–Crippen MR) is 89.1 cm³/mol. The van der Waals surface area contributed by atoms with Gasteiger partial charge in [0.15, 0.2) is 0 Å². The summed E-state index contributed by atoms with van der Waals surface area (Å²) in [5.74, 6) is 0.0377. The first-order valence-electron chi connectivity index (χ1n) is 8.78. The van der Waals surface area contributed by atoms with E-state index >= 15 is 0 Å². The molecule has 2 fully saturated rings. The standard InChI is InChI=1S/C18H24N4O/c1-22-15-8-7-13(12-14(15)20-21-22)17(23)19-16-6-2-3-9-18(16)10-4-5-11-18/h7-8,12,16H,2-6,9-11H2,1H3,(H,19,23). The van der Waals surface area contributed by atoms with E-state index < -0.39 is 0 Å². The lowest BCUT2D eigenvalue weighted by atomic mass is 9.69. The molecule has 1 spiro atoms. The van der Waals surface area contributed by atoms with Crippen molar-refractivity contribution in [1.82, 2.24) is 20.3 Å². The van der Waals surface area contributed by atoms with Crippen LogP contribution in [0.25, 0.3) is 11.0 Å². The fourth-order valence-corrected chi connectivity index (χ4v) is 4.63. The van der Waals surface area contributed by atoms with Crippen LogP contribution in [0.5, 0.6) is 0 Å². The maximum absolute atomic E-state index is 12.7. The summed E-state index contributed by atoms with van der Waals surface area (Å²) in [5, 5.41) is 11.5. The minimum Gasteiger partial charge on any atom is -0.349 e. The second-order valence-corrected chi connectivity index (χ2v) is 7.26. The summed E-state index contributed by atoms with van der Waals surface area (Å²) in [5.41, 5.74) is 2.78. The van der Waals surface area contributed by atoms with Gasteiger partial charge in [-0.2, -0.15) is 0 Å². The van der Waals surface area contributed by atoms with E-state index in [0.29, 0.717) is 17.0 Å². The number of amides is 1. The van der Waals surface area contributed by atoms with Gasteiger partial charge in [0.1, 0.15) is 5.52 Å². The molecule has 5 nitrogen and oxygen atoms in total. The lowest BCUT2D eigenvalue weighted by Crippen LogP contribution is -2.48. The summed E-state index contributed by atoms with van der Waals surface area (Å²) in [7, 11) is 1.86. The zero-order chi connectivity index (χ0) is 15.9. The topological polar surface area (TPSA) is 59.8 Å². The Kier molecular flexibility index (Phi) is 3.58. The van der Waals surface area contributed by atoms with Gasteiger partial charge in [-0.3, -0.25) is 4.79 Å². The highest BCUT2D eigenvalue weighted by Crippen LogP contribution is 2.49. The van der Waals surface area contributed by atoms with Crippen molar-refractivity contribution >= 4 is 16.9 Å². The molecule has 1 aromatic carbocycles. The van der Waals surface area contributed by atoms with Gasteiger partial charge in [-0.15, -0.1) is 5.10 Å². The number of nitrogens with one attached hydrogen (secondary N) is 1. The predicted octanol–water partition coefficient (Wildman–Crippen LogP) is 3.20. The zero-order valence-electron chi connectivity index (χ0n) is 13.7. The molecule has 5 heteroatoms. The molecule has 0 aliphatic heterocycles. The molecule has 122 valence electrons. The third-order valence-electron chi connectivity index (χ3n) is 5.93. The largest absolute Gasteiger partial charge is 0.349 e. The first-order chi connectivity index (χ1) is 11.2. The number of aromatic nitrogens is 3. The van der Waals surface area contributed by atoms with Crippen LogP contribution in [0.15, 0.2) is 18.2 Å². The molecule has 0 saturated heterocycles. The maximum atomic E-state index is 12.7. The number of fused-ring (bicyclic) bond motifs is 1. The highest BCUT2D eigenvalue weighted by Gasteiger charge is 2.43. The van der Waals surface area contributed by atoms with Crippen LogP contribution < -0.4 is 5.32 Å². The monoisotopic (exact) mass is 312 g/mol. The van der Waals surface area contributed by atoms with Crippen LogP contribution in [0.1, 0.15) is 61.7 Å². The van der Waals surface area contributed by atoms with Crippen LogP contribution in [0.2, 0.25) is 0 Å². The van der Waals surface area contributed by atoms with Gasteiger partial charge in [0.05, 0.1) is 5.52 Å². The molecule has 2 saturated carbocycles. The van der Waals surface area contributed by atoms with Crippen molar-refractivity contribution in [2.24, 2.45) is 12.5 Å². The molecule has 2 aliphatic rings. The Balaban J connectivity index is 1.55. The molecular formula is C18H24N4O. The van der Waals surface area contributed by atoms with Gasteiger partial charge in [0, 0.05) is 18.7 Å². The van der Waals surface area contributed by atoms with Crippen LogP contribution in [0.3, 0.4) is 0 Å². The average molecular weight is 312 g/mol. The van der Waals surface area contributed by atoms with E-state index in [1.807, 2.05) is 25.2 Å². The third-order valence-corrected chi connectivity index (χ3v) is 5.93. The zero-order valence-corrected chi connectivity index (χ0v) is 13.7. The fourth-order valence-electron chi connectivity index (χ4n) is 4.63. The van der Waals surface area contributed by atoms with Gasteiger partial charge in [-0.25, -0.2) is 4.68 Å². The molecule has 2 aromatic rings. The number of carbonyl (C=O) groups is 1. The number of aryl methyl sites for hydroxylation is 1. The summed E-state index contributed by atoms with van der Waals surface area (Å²) in [6, 6.07) is 5.99. The molecule has 23 heavy (non-hydrogen) atoms. The highest BCUT2D eigenvalue weighted by atomic mass is 16.1. The van der Waals surface area contributed by atoms with Crippen molar-refractivity contribution < 1.29 is 4.79 Å². The van der Waals surface area contributed by atoms with Crippen LogP contribution in [0, 0.1) is 5.41 Å². The highest BCUT2D eigenvalue weighted by molar-refractivity contribution is 5.97. The Bertz CT molecular complexity index is 730. The molecule has 4 rings (SSSR count). The number of hydrogen-bond donors (Lipinski definition) is 1. The minimum atomic E-state index is 0.0377. The molecule has 1 N–H and O–H groups in total. The van der Waals surface area contributed by atoms with Gasteiger partial charge in [-0.1, -0.05) is 30.9 Å². The maximum Gasteiger partial charge on any atom is 0.251 e.